The van der Waals surface area contributed by atoms with Crippen molar-refractivity contribution in [3.05, 3.63) is 35.4 Å². The fraction of sp³-hybridized carbons (Fsp3) is 0.455. The molecule has 2 atom stereocenters. The first-order chi connectivity index (χ1) is 8.03. The Morgan fingerprint density at radius 1 is 1.41 bits per heavy atom. The zero-order valence-electron chi connectivity index (χ0n) is 9.55. The summed E-state index contributed by atoms with van der Waals surface area (Å²) < 4.78 is 28.0. The van der Waals surface area contributed by atoms with Crippen LogP contribution in [-0.2, 0) is 16.6 Å². The number of aliphatic hydroxyl groups excluding tert-OH is 1. The molecule has 6 heteroatoms. The summed E-state index contributed by atoms with van der Waals surface area (Å²) in [7, 11) is -3.55. The lowest BCUT2D eigenvalue weighted by atomic mass is 10.1. The van der Waals surface area contributed by atoms with Crippen LogP contribution in [0.2, 0.25) is 0 Å². The quantitative estimate of drug-likeness (QED) is 0.714. The van der Waals surface area contributed by atoms with E-state index in [1.165, 1.54) is 0 Å². The van der Waals surface area contributed by atoms with Crippen molar-refractivity contribution in [3.8, 4) is 0 Å². The van der Waals surface area contributed by atoms with E-state index in [-0.39, 0.29) is 0 Å². The van der Waals surface area contributed by atoms with E-state index in [0.717, 1.165) is 11.1 Å². The van der Waals surface area contributed by atoms with Gasteiger partial charge in [-0.15, -0.1) is 0 Å². The van der Waals surface area contributed by atoms with Crippen LogP contribution in [0, 0.1) is 0 Å². The van der Waals surface area contributed by atoms with E-state index < -0.39 is 22.4 Å². The second kappa shape index (κ2) is 4.73. The molecule has 1 aliphatic rings. The Morgan fingerprint density at radius 2 is 2.12 bits per heavy atom. The zero-order chi connectivity index (χ0) is 12.5. The molecule has 17 heavy (non-hydrogen) atoms. The second-order valence-electron chi connectivity index (χ2n) is 4.07. The van der Waals surface area contributed by atoms with Crippen molar-refractivity contribution in [2.75, 3.05) is 6.54 Å². The van der Waals surface area contributed by atoms with Crippen molar-refractivity contribution in [2.24, 2.45) is 0 Å². The first-order valence-corrected chi connectivity index (χ1v) is 7.04. The van der Waals surface area contributed by atoms with Gasteiger partial charge in [0, 0.05) is 13.0 Å². The number of fused-ring (bicyclic) bond motifs is 1. The Balaban J connectivity index is 2.23. The summed E-state index contributed by atoms with van der Waals surface area (Å²) in [5, 5.41) is 9.89. The smallest absolute Gasteiger partial charge is 0.277 e. The van der Waals surface area contributed by atoms with E-state index in [1.807, 2.05) is 24.3 Å². The van der Waals surface area contributed by atoms with Crippen LogP contribution in [0.25, 0.3) is 0 Å². The molecule has 0 saturated heterocycles. The van der Waals surface area contributed by atoms with E-state index in [4.69, 9.17) is 0 Å². The molecule has 1 aromatic carbocycles. The standard InChI is InChI=1S/C11H16N2O3S/c1-2-12-17(15,16)13-11-9-6-4-3-5-8(9)7-10(11)14/h3-6,10-14H,2,7H2,1H3/t10-,11+/m0/s1. The molecule has 0 heterocycles. The normalized spacial score (nSPS) is 23.6. The third-order valence-corrected chi connectivity index (χ3v) is 4.05. The Morgan fingerprint density at radius 3 is 2.82 bits per heavy atom. The van der Waals surface area contributed by atoms with Gasteiger partial charge in [-0.05, 0) is 11.1 Å². The van der Waals surface area contributed by atoms with Crippen LogP contribution in [0.1, 0.15) is 24.1 Å². The first kappa shape index (κ1) is 12.5. The van der Waals surface area contributed by atoms with Gasteiger partial charge in [0.1, 0.15) is 0 Å². The fourth-order valence-corrected chi connectivity index (χ4v) is 3.20. The number of rotatable bonds is 4. The highest BCUT2D eigenvalue weighted by Gasteiger charge is 2.33. The number of nitrogens with one attached hydrogen (secondary N) is 2. The van der Waals surface area contributed by atoms with Gasteiger partial charge >= 0.3 is 0 Å². The Kier molecular flexibility index (Phi) is 3.48. The van der Waals surface area contributed by atoms with Gasteiger partial charge in [-0.1, -0.05) is 31.2 Å². The molecule has 2 rings (SSSR count). The predicted molar refractivity (Wildman–Crippen MR) is 64.6 cm³/mol. The Labute approximate surface area is 101 Å². The van der Waals surface area contributed by atoms with E-state index in [9.17, 15) is 13.5 Å². The van der Waals surface area contributed by atoms with Gasteiger partial charge in [0.15, 0.2) is 0 Å². The van der Waals surface area contributed by atoms with Crippen molar-refractivity contribution >= 4 is 10.2 Å². The molecule has 0 aliphatic heterocycles. The highest BCUT2D eigenvalue weighted by Crippen LogP contribution is 2.31. The van der Waals surface area contributed by atoms with Crippen molar-refractivity contribution in [3.63, 3.8) is 0 Å². The van der Waals surface area contributed by atoms with Crippen molar-refractivity contribution in [1.29, 1.82) is 0 Å². The highest BCUT2D eigenvalue weighted by molar-refractivity contribution is 7.87. The summed E-state index contributed by atoms with van der Waals surface area (Å²) >= 11 is 0. The summed E-state index contributed by atoms with van der Waals surface area (Å²) in [4.78, 5) is 0. The monoisotopic (exact) mass is 256 g/mol. The number of hydrogen-bond donors (Lipinski definition) is 3. The Hall–Kier alpha value is -0.950. The molecular weight excluding hydrogens is 240 g/mol. The average Bonchev–Trinajstić information content (AvgIpc) is 2.55. The third-order valence-electron chi connectivity index (χ3n) is 2.82. The molecule has 0 saturated carbocycles. The average molecular weight is 256 g/mol. The molecule has 5 nitrogen and oxygen atoms in total. The van der Waals surface area contributed by atoms with Gasteiger partial charge in [0.2, 0.25) is 0 Å². The molecule has 0 fully saturated rings. The molecule has 3 N–H and O–H groups in total. The van der Waals surface area contributed by atoms with Gasteiger partial charge < -0.3 is 5.11 Å². The molecule has 0 amide bonds. The molecular formula is C11H16N2O3S. The topological polar surface area (TPSA) is 78.4 Å². The van der Waals surface area contributed by atoms with Crippen LogP contribution in [0.15, 0.2) is 24.3 Å². The van der Waals surface area contributed by atoms with Crippen molar-refractivity contribution in [1.82, 2.24) is 9.44 Å². The summed E-state index contributed by atoms with van der Waals surface area (Å²) in [6.07, 6.45) is -0.226. The van der Waals surface area contributed by atoms with Gasteiger partial charge in [-0.3, -0.25) is 0 Å². The fourth-order valence-electron chi connectivity index (χ4n) is 2.11. The number of aliphatic hydroxyl groups is 1. The predicted octanol–water partition coefficient (Wildman–Crippen LogP) is 0.0886. The van der Waals surface area contributed by atoms with Crippen LogP contribution in [0.3, 0.4) is 0 Å². The van der Waals surface area contributed by atoms with Crippen LogP contribution >= 0.6 is 0 Å². The lowest BCUT2D eigenvalue weighted by molar-refractivity contribution is 0.151. The molecule has 94 valence electrons. The Bertz CT molecular complexity index is 501. The summed E-state index contributed by atoms with van der Waals surface area (Å²) in [6, 6.07) is 6.90. The minimum absolute atomic E-state index is 0.319. The number of benzene rings is 1. The SMILES string of the molecule is CCNS(=O)(=O)N[C@@H]1c2ccccc2C[C@@H]1O. The van der Waals surface area contributed by atoms with Crippen LogP contribution in [-0.4, -0.2) is 26.2 Å². The van der Waals surface area contributed by atoms with E-state index in [1.54, 1.807) is 6.92 Å². The summed E-state index contributed by atoms with van der Waals surface area (Å²) in [5.74, 6) is 0. The maximum absolute atomic E-state index is 11.6. The van der Waals surface area contributed by atoms with E-state index >= 15 is 0 Å². The van der Waals surface area contributed by atoms with E-state index in [2.05, 4.69) is 9.44 Å². The minimum atomic E-state index is -3.55. The third kappa shape index (κ3) is 2.66. The lowest BCUT2D eigenvalue weighted by Crippen LogP contribution is -2.41. The molecule has 1 aromatic rings. The summed E-state index contributed by atoms with van der Waals surface area (Å²) in [5.41, 5.74) is 1.84. The zero-order valence-corrected chi connectivity index (χ0v) is 10.4. The molecule has 0 unspecified atom stereocenters. The highest BCUT2D eigenvalue weighted by atomic mass is 32.2. The van der Waals surface area contributed by atoms with Gasteiger partial charge in [0.25, 0.3) is 10.2 Å². The van der Waals surface area contributed by atoms with E-state index in [0.29, 0.717) is 13.0 Å². The maximum Gasteiger partial charge on any atom is 0.277 e. The molecule has 0 bridgehead atoms. The molecule has 1 aliphatic carbocycles. The molecule has 0 aromatic heterocycles. The van der Waals surface area contributed by atoms with Crippen molar-refractivity contribution in [2.45, 2.75) is 25.5 Å². The van der Waals surface area contributed by atoms with Crippen LogP contribution in [0.4, 0.5) is 0 Å². The number of hydrogen-bond acceptors (Lipinski definition) is 3. The van der Waals surface area contributed by atoms with Crippen LogP contribution < -0.4 is 9.44 Å². The van der Waals surface area contributed by atoms with Gasteiger partial charge in [-0.25, -0.2) is 4.72 Å². The van der Waals surface area contributed by atoms with Crippen LogP contribution in [0.5, 0.6) is 0 Å². The molecule has 0 radical (unpaired) electrons. The van der Waals surface area contributed by atoms with Gasteiger partial charge in [0.05, 0.1) is 12.1 Å². The maximum atomic E-state index is 11.6. The summed E-state index contributed by atoms with van der Waals surface area (Å²) in [6.45, 7) is 2.03. The minimum Gasteiger partial charge on any atom is -0.391 e. The van der Waals surface area contributed by atoms with Crippen molar-refractivity contribution < 1.29 is 13.5 Å². The van der Waals surface area contributed by atoms with Gasteiger partial charge in [-0.2, -0.15) is 13.1 Å². The first-order valence-electron chi connectivity index (χ1n) is 5.56. The largest absolute Gasteiger partial charge is 0.391 e. The molecule has 0 spiro atoms. The lowest BCUT2D eigenvalue weighted by Gasteiger charge is -2.17. The second-order valence-corrected chi connectivity index (χ2v) is 5.60.